The van der Waals surface area contributed by atoms with E-state index in [1.807, 2.05) is 26.1 Å². The predicted molar refractivity (Wildman–Crippen MR) is 83.0 cm³/mol. The maximum absolute atomic E-state index is 12.4. The first-order valence-corrected chi connectivity index (χ1v) is 8.77. The second-order valence-electron chi connectivity index (χ2n) is 5.52. The van der Waals surface area contributed by atoms with Gasteiger partial charge >= 0.3 is 0 Å². The van der Waals surface area contributed by atoms with Gasteiger partial charge in [0.1, 0.15) is 0 Å². The van der Waals surface area contributed by atoms with Crippen LogP contribution in [0.5, 0.6) is 0 Å². The van der Waals surface area contributed by atoms with Crippen molar-refractivity contribution in [1.82, 2.24) is 19.3 Å². The summed E-state index contributed by atoms with van der Waals surface area (Å²) in [6.07, 6.45) is 3.67. The molecule has 21 heavy (non-hydrogen) atoms. The van der Waals surface area contributed by atoms with Crippen molar-refractivity contribution in [2.45, 2.75) is 26.3 Å². The maximum atomic E-state index is 12.4. The van der Waals surface area contributed by atoms with Crippen molar-refractivity contribution < 1.29 is 8.42 Å². The fourth-order valence-electron chi connectivity index (χ4n) is 2.65. The number of piperidine rings is 1. The molecule has 0 bridgehead atoms. The van der Waals surface area contributed by atoms with Crippen LogP contribution in [0, 0.1) is 12.8 Å². The fourth-order valence-corrected chi connectivity index (χ4v) is 3.93. The second-order valence-corrected chi connectivity index (χ2v) is 7.27. The summed E-state index contributed by atoms with van der Waals surface area (Å²) < 4.78 is 29.0. The summed E-state index contributed by atoms with van der Waals surface area (Å²) in [7, 11) is -1.54. The molecule has 1 aromatic heterocycles. The highest BCUT2D eigenvalue weighted by Crippen LogP contribution is 2.18. The highest BCUT2D eigenvalue weighted by molar-refractivity contribution is 7.87. The summed E-state index contributed by atoms with van der Waals surface area (Å²) in [5, 5.41) is 3.12. The molecule has 0 aliphatic carbocycles. The first kappa shape index (κ1) is 16.4. The Labute approximate surface area is 127 Å². The highest BCUT2D eigenvalue weighted by Gasteiger charge is 2.28. The van der Waals surface area contributed by atoms with E-state index in [1.54, 1.807) is 10.5 Å². The molecule has 0 saturated carbocycles. The van der Waals surface area contributed by atoms with Crippen LogP contribution in [0.4, 0.5) is 0 Å². The number of hydrogen-bond acceptors (Lipinski definition) is 4. The van der Waals surface area contributed by atoms with Gasteiger partial charge in [0.15, 0.2) is 0 Å². The summed E-state index contributed by atoms with van der Waals surface area (Å²) in [4.78, 5) is 4.22. The predicted octanol–water partition coefficient (Wildman–Crippen LogP) is 0.656. The Bertz CT molecular complexity index is 560. The third kappa shape index (κ3) is 4.47. The molecule has 6 nitrogen and oxygen atoms in total. The molecule has 0 spiro atoms. The molecule has 0 amide bonds. The summed E-state index contributed by atoms with van der Waals surface area (Å²) in [5.74, 6) is 0.386. The lowest BCUT2D eigenvalue weighted by Gasteiger charge is -2.31. The van der Waals surface area contributed by atoms with Crippen molar-refractivity contribution in [3.05, 3.63) is 29.6 Å². The molecule has 1 saturated heterocycles. The van der Waals surface area contributed by atoms with Crippen LogP contribution >= 0.6 is 0 Å². The number of pyridine rings is 1. The topological polar surface area (TPSA) is 74.3 Å². The van der Waals surface area contributed by atoms with Crippen molar-refractivity contribution in [3.63, 3.8) is 0 Å². The normalized spacial score (nSPS) is 20.6. The van der Waals surface area contributed by atoms with E-state index in [9.17, 15) is 8.42 Å². The van der Waals surface area contributed by atoms with E-state index in [1.165, 1.54) is 0 Å². The van der Waals surface area contributed by atoms with Crippen molar-refractivity contribution in [2.24, 2.45) is 5.92 Å². The van der Waals surface area contributed by atoms with Gasteiger partial charge in [-0.3, -0.25) is 4.98 Å². The van der Waals surface area contributed by atoms with Crippen LogP contribution in [0.15, 0.2) is 18.3 Å². The monoisotopic (exact) mass is 312 g/mol. The fraction of sp³-hybridized carbons (Fsp3) is 0.643. The average Bonchev–Trinajstić information content (AvgIpc) is 2.47. The molecular weight excluding hydrogens is 288 g/mol. The Morgan fingerprint density at radius 3 is 3.00 bits per heavy atom. The lowest BCUT2D eigenvalue weighted by molar-refractivity contribution is 0.260. The number of nitrogens with one attached hydrogen (secondary N) is 2. The lowest BCUT2D eigenvalue weighted by atomic mass is 10.00. The zero-order chi connectivity index (χ0) is 15.3. The van der Waals surface area contributed by atoms with Gasteiger partial charge < -0.3 is 5.32 Å². The third-order valence-corrected chi connectivity index (χ3v) is 5.37. The molecule has 0 radical (unpaired) electrons. The van der Waals surface area contributed by atoms with Gasteiger partial charge in [0.05, 0.1) is 12.2 Å². The van der Waals surface area contributed by atoms with E-state index in [0.717, 1.165) is 30.6 Å². The second kappa shape index (κ2) is 7.31. The summed E-state index contributed by atoms with van der Waals surface area (Å²) in [5.41, 5.74) is 1.76. The molecule has 1 aliphatic rings. The number of aromatic nitrogens is 1. The van der Waals surface area contributed by atoms with E-state index in [4.69, 9.17) is 0 Å². The number of aryl methyl sites for hydroxylation is 1. The van der Waals surface area contributed by atoms with E-state index >= 15 is 0 Å². The zero-order valence-corrected chi connectivity index (χ0v) is 13.5. The van der Waals surface area contributed by atoms with Crippen LogP contribution in [0.25, 0.3) is 0 Å². The molecule has 2 N–H and O–H groups in total. The van der Waals surface area contributed by atoms with Gasteiger partial charge in [-0.2, -0.15) is 17.4 Å². The molecule has 7 heteroatoms. The highest BCUT2D eigenvalue weighted by atomic mass is 32.2. The minimum absolute atomic E-state index is 0.238. The number of nitrogens with zero attached hydrogens (tertiary/aromatic N) is 2. The third-order valence-electron chi connectivity index (χ3n) is 3.85. The van der Waals surface area contributed by atoms with Crippen LogP contribution < -0.4 is 10.0 Å². The van der Waals surface area contributed by atoms with E-state index in [2.05, 4.69) is 15.0 Å². The summed E-state index contributed by atoms with van der Waals surface area (Å²) in [6.45, 7) is 4.20. The molecule has 118 valence electrons. The Kier molecular flexibility index (Phi) is 5.69. The minimum atomic E-state index is -3.43. The molecule has 2 heterocycles. The Morgan fingerprint density at radius 2 is 2.29 bits per heavy atom. The van der Waals surface area contributed by atoms with Gasteiger partial charge in [0.25, 0.3) is 10.2 Å². The van der Waals surface area contributed by atoms with Crippen LogP contribution in [0.2, 0.25) is 0 Å². The molecule has 0 aromatic carbocycles. The molecule has 2 rings (SSSR count). The van der Waals surface area contributed by atoms with Crippen molar-refractivity contribution >= 4 is 10.2 Å². The van der Waals surface area contributed by atoms with Crippen molar-refractivity contribution in [3.8, 4) is 0 Å². The largest absolute Gasteiger partial charge is 0.319 e. The molecule has 1 atom stereocenters. The number of rotatable bonds is 6. The Hall–Kier alpha value is -1.02. The van der Waals surface area contributed by atoms with Crippen LogP contribution in [0.3, 0.4) is 0 Å². The lowest BCUT2D eigenvalue weighted by Crippen LogP contribution is -2.47. The van der Waals surface area contributed by atoms with E-state index in [0.29, 0.717) is 19.0 Å². The average molecular weight is 312 g/mol. The van der Waals surface area contributed by atoms with Crippen LogP contribution in [0.1, 0.15) is 24.1 Å². The Morgan fingerprint density at radius 1 is 1.48 bits per heavy atom. The zero-order valence-electron chi connectivity index (χ0n) is 12.7. The van der Waals surface area contributed by atoms with Gasteiger partial charge in [-0.05, 0) is 50.9 Å². The summed E-state index contributed by atoms with van der Waals surface area (Å²) in [6, 6.07) is 3.78. The van der Waals surface area contributed by atoms with Gasteiger partial charge in [-0.25, -0.2) is 0 Å². The van der Waals surface area contributed by atoms with Gasteiger partial charge in [-0.1, -0.05) is 6.07 Å². The molecule has 1 fully saturated rings. The standard InChI is InChI=1S/C14H24N4O2S/c1-12-5-3-7-16-14(12)10-17-21(19,20)18-8-4-6-13(11-18)9-15-2/h3,5,7,13,15,17H,4,6,8-11H2,1-2H3. The maximum Gasteiger partial charge on any atom is 0.279 e. The number of hydrogen-bond donors (Lipinski definition) is 2. The van der Waals surface area contributed by atoms with Gasteiger partial charge in [-0.15, -0.1) is 0 Å². The molecular formula is C14H24N4O2S. The van der Waals surface area contributed by atoms with Crippen molar-refractivity contribution in [2.75, 3.05) is 26.7 Å². The quantitative estimate of drug-likeness (QED) is 0.809. The molecule has 1 aromatic rings. The molecule has 1 unspecified atom stereocenters. The van der Waals surface area contributed by atoms with Gasteiger partial charge in [0.2, 0.25) is 0 Å². The summed E-state index contributed by atoms with van der Waals surface area (Å²) >= 11 is 0. The Balaban J connectivity index is 1.96. The van der Waals surface area contributed by atoms with Crippen LogP contribution in [-0.4, -0.2) is 44.4 Å². The van der Waals surface area contributed by atoms with Crippen molar-refractivity contribution in [1.29, 1.82) is 0 Å². The van der Waals surface area contributed by atoms with Gasteiger partial charge in [0, 0.05) is 19.3 Å². The minimum Gasteiger partial charge on any atom is -0.319 e. The van der Waals surface area contributed by atoms with E-state index in [-0.39, 0.29) is 6.54 Å². The first-order valence-electron chi connectivity index (χ1n) is 7.33. The van der Waals surface area contributed by atoms with Crippen LogP contribution in [-0.2, 0) is 16.8 Å². The SMILES string of the molecule is CNCC1CCCN(S(=O)(=O)NCc2ncccc2C)C1. The first-order chi connectivity index (χ1) is 10.0. The molecule has 1 aliphatic heterocycles. The van der Waals surface area contributed by atoms with E-state index < -0.39 is 10.2 Å². The smallest absolute Gasteiger partial charge is 0.279 e.